The third kappa shape index (κ3) is 6.23. The van der Waals surface area contributed by atoms with Crippen LogP contribution in [0, 0.1) is 0 Å². The number of rotatable bonds is 8. The Bertz CT molecular complexity index is 1380. The van der Waals surface area contributed by atoms with Crippen molar-refractivity contribution < 1.29 is 19.0 Å². The Morgan fingerprint density at radius 2 is 1.97 bits per heavy atom. The van der Waals surface area contributed by atoms with E-state index in [1.807, 2.05) is 12.1 Å². The smallest absolute Gasteiger partial charge is 0.347 e. The van der Waals surface area contributed by atoms with Gasteiger partial charge in [-0.15, -0.1) is 0 Å². The maximum atomic E-state index is 13.5. The number of carbonyl (C=O) groups excluding carboxylic acids is 1. The fraction of sp³-hybridized carbons (Fsp3) is 0.407. The summed E-state index contributed by atoms with van der Waals surface area (Å²) in [5, 5.41) is 5.10. The van der Waals surface area contributed by atoms with Crippen molar-refractivity contribution in [1.29, 1.82) is 0 Å². The van der Waals surface area contributed by atoms with Crippen LogP contribution < -0.4 is 15.0 Å². The summed E-state index contributed by atoms with van der Waals surface area (Å²) in [7, 11) is 1.52. The third-order valence-electron chi connectivity index (χ3n) is 6.29. The Morgan fingerprint density at radius 1 is 1.22 bits per heavy atom. The van der Waals surface area contributed by atoms with E-state index in [9.17, 15) is 9.59 Å². The molecule has 0 saturated heterocycles. The number of esters is 1. The maximum absolute atomic E-state index is 13.5. The first kappa shape index (κ1) is 27.3. The number of hydrogen-bond acceptors (Lipinski definition) is 7. The summed E-state index contributed by atoms with van der Waals surface area (Å²) >= 11 is 6.96. The van der Waals surface area contributed by atoms with Gasteiger partial charge >= 0.3 is 5.97 Å². The molecule has 3 aromatic rings. The Kier molecular flexibility index (Phi) is 9.02. The lowest BCUT2D eigenvalue weighted by Gasteiger charge is -2.22. The molecule has 1 atom stereocenters. The van der Waals surface area contributed by atoms with E-state index in [2.05, 4.69) is 37.0 Å². The van der Waals surface area contributed by atoms with Gasteiger partial charge in [0.1, 0.15) is 5.82 Å². The topological polar surface area (TPSA) is 92.0 Å². The molecule has 1 saturated carbocycles. The zero-order chi connectivity index (χ0) is 26.5. The zero-order valence-electron chi connectivity index (χ0n) is 21.0. The number of benzene rings is 2. The molecule has 1 heterocycles. The maximum Gasteiger partial charge on any atom is 0.347 e. The Balaban J connectivity index is 1.73. The minimum absolute atomic E-state index is 0.174. The first-order valence-electron chi connectivity index (χ1n) is 12.3. The molecule has 1 aliphatic carbocycles. The summed E-state index contributed by atoms with van der Waals surface area (Å²) in [4.78, 5) is 30.4. The predicted molar refractivity (Wildman–Crippen MR) is 150 cm³/mol. The van der Waals surface area contributed by atoms with Gasteiger partial charge in [-0.3, -0.25) is 4.79 Å². The Hall–Kier alpha value is -2.72. The van der Waals surface area contributed by atoms with Crippen molar-refractivity contribution in [2.45, 2.75) is 58.0 Å². The average Bonchev–Trinajstić information content (AvgIpc) is 2.90. The standard InChI is InChI=1S/C27H29Br2N3O5/c1-4-36-27(34)16(2)37-24-21(29)12-17(13-23(24)35-3)15-30-32-25(18-8-6-5-7-9-18)31-22-11-10-19(28)14-20(22)26(32)33/h10-16,18H,4-9H2,1-3H3/t16-/m1/s1. The van der Waals surface area contributed by atoms with Crippen molar-refractivity contribution in [3.63, 3.8) is 0 Å². The van der Waals surface area contributed by atoms with Gasteiger partial charge in [-0.25, -0.2) is 9.78 Å². The summed E-state index contributed by atoms with van der Waals surface area (Å²) in [6.45, 7) is 3.62. The van der Waals surface area contributed by atoms with Gasteiger partial charge in [0.15, 0.2) is 17.6 Å². The summed E-state index contributed by atoms with van der Waals surface area (Å²) in [6.07, 6.45) is 6.16. The summed E-state index contributed by atoms with van der Waals surface area (Å²) in [5.74, 6) is 1.18. The monoisotopic (exact) mass is 633 g/mol. The van der Waals surface area contributed by atoms with Gasteiger partial charge < -0.3 is 14.2 Å². The minimum atomic E-state index is -0.815. The molecule has 0 unspecified atom stereocenters. The number of nitrogens with zero attached hydrogens (tertiary/aromatic N) is 3. The van der Waals surface area contributed by atoms with Crippen LogP contribution in [-0.2, 0) is 9.53 Å². The molecule has 2 aromatic carbocycles. The molecule has 1 aromatic heterocycles. The lowest BCUT2D eigenvalue weighted by atomic mass is 9.88. The number of carbonyl (C=O) groups is 1. The van der Waals surface area contributed by atoms with Gasteiger partial charge in [-0.05, 0) is 78.5 Å². The van der Waals surface area contributed by atoms with Crippen molar-refractivity contribution in [3.05, 3.63) is 61.0 Å². The highest BCUT2D eigenvalue weighted by Crippen LogP contribution is 2.37. The molecule has 0 bridgehead atoms. The quantitative estimate of drug-likeness (QED) is 0.217. The van der Waals surface area contributed by atoms with Crippen LogP contribution in [0.4, 0.5) is 0 Å². The van der Waals surface area contributed by atoms with E-state index in [1.54, 1.807) is 38.3 Å². The van der Waals surface area contributed by atoms with Crippen molar-refractivity contribution in [2.24, 2.45) is 5.10 Å². The fourth-order valence-corrected chi connectivity index (χ4v) is 5.35. The first-order valence-corrected chi connectivity index (χ1v) is 13.9. The highest BCUT2D eigenvalue weighted by atomic mass is 79.9. The average molecular weight is 635 g/mol. The summed E-state index contributed by atoms with van der Waals surface area (Å²) < 4.78 is 19.2. The van der Waals surface area contributed by atoms with Crippen LogP contribution in [0.3, 0.4) is 0 Å². The van der Waals surface area contributed by atoms with Crippen LogP contribution in [0.1, 0.15) is 63.3 Å². The van der Waals surface area contributed by atoms with E-state index in [0.717, 1.165) is 30.2 Å². The van der Waals surface area contributed by atoms with Crippen molar-refractivity contribution in [1.82, 2.24) is 9.66 Å². The van der Waals surface area contributed by atoms with Gasteiger partial charge in [0, 0.05) is 10.4 Å². The third-order valence-corrected chi connectivity index (χ3v) is 7.37. The molecule has 0 aliphatic heterocycles. The van der Waals surface area contributed by atoms with E-state index >= 15 is 0 Å². The van der Waals surface area contributed by atoms with E-state index in [-0.39, 0.29) is 18.1 Å². The molecular weight excluding hydrogens is 606 g/mol. The molecule has 1 fully saturated rings. The highest BCUT2D eigenvalue weighted by Gasteiger charge is 2.23. The molecule has 10 heteroatoms. The number of hydrogen-bond donors (Lipinski definition) is 0. The minimum Gasteiger partial charge on any atom is -0.493 e. The van der Waals surface area contributed by atoms with Crippen molar-refractivity contribution in [2.75, 3.05) is 13.7 Å². The molecule has 0 N–H and O–H groups in total. The Labute approximate surface area is 232 Å². The summed E-state index contributed by atoms with van der Waals surface area (Å²) in [5.41, 5.74) is 1.13. The highest BCUT2D eigenvalue weighted by molar-refractivity contribution is 9.10. The first-order chi connectivity index (χ1) is 17.8. The molecular formula is C27H29Br2N3O5. The molecule has 196 valence electrons. The fourth-order valence-electron chi connectivity index (χ4n) is 4.44. The Morgan fingerprint density at radius 3 is 2.68 bits per heavy atom. The zero-order valence-corrected chi connectivity index (χ0v) is 24.2. The van der Waals surface area contributed by atoms with E-state index in [1.165, 1.54) is 18.2 Å². The van der Waals surface area contributed by atoms with Crippen LogP contribution >= 0.6 is 31.9 Å². The molecule has 1 aliphatic rings. The normalized spacial score (nSPS) is 15.2. The van der Waals surface area contributed by atoms with Crippen LogP contribution in [0.5, 0.6) is 11.5 Å². The number of aromatic nitrogens is 2. The number of halogens is 2. The lowest BCUT2D eigenvalue weighted by molar-refractivity contribution is -0.150. The van der Waals surface area contributed by atoms with Crippen LogP contribution in [0.15, 0.2) is 49.2 Å². The van der Waals surface area contributed by atoms with Gasteiger partial charge in [0.05, 0.1) is 35.3 Å². The van der Waals surface area contributed by atoms with E-state index in [4.69, 9.17) is 19.2 Å². The van der Waals surface area contributed by atoms with E-state index < -0.39 is 12.1 Å². The van der Waals surface area contributed by atoms with Crippen LogP contribution in [-0.4, -0.2) is 41.7 Å². The number of ether oxygens (including phenoxy) is 3. The second kappa shape index (κ2) is 12.2. The molecule has 0 amide bonds. The van der Waals surface area contributed by atoms with Crippen molar-refractivity contribution in [3.8, 4) is 11.5 Å². The van der Waals surface area contributed by atoms with Crippen molar-refractivity contribution >= 4 is 54.9 Å². The van der Waals surface area contributed by atoms with Crippen LogP contribution in [0.2, 0.25) is 0 Å². The van der Waals surface area contributed by atoms with Gasteiger partial charge in [0.25, 0.3) is 5.56 Å². The van der Waals surface area contributed by atoms with Gasteiger partial charge in [-0.1, -0.05) is 35.2 Å². The largest absolute Gasteiger partial charge is 0.493 e. The second-order valence-electron chi connectivity index (χ2n) is 8.87. The molecule has 0 spiro atoms. The number of methoxy groups -OCH3 is 1. The van der Waals surface area contributed by atoms with Crippen LogP contribution in [0.25, 0.3) is 10.9 Å². The summed E-state index contributed by atoms with van der Waals surface area (Å²) in [6, 6.07) is 9.05. The SMILES string of the molecule is CCOC(=O)[C@@H](C)Oc1c(Br)cc(C=Nn2c(C3CCCCC3)nc3ccc(Br)cc3c2=O)cc1OC. The number of fused-ring (bicyclic) bond motifs is 1. The lowest BCUT2D eigenvalue weighted by Crippen LogP contribution is -2.26. The van der Waals surface area contributed by atoms with E-state index in [0.29, 0.717) is 38.3 Å². The molecule has 0 radical (unpaired) electrons. The second-order valence-corrected chi connectivity index (χ2v) is 10.6. The van der Waals surface area contributed by atoms with Gasteiger partial charge in [0.2, 0.25) is 0 Å². The molecule has 4 rings (SSSR count). The molecule has 8 nitrogen and oxygen atoms in total. The van der Waals surface area contributed by atoms with Gasteiger partial charge in [-0.2, -0.15) is 9.78 Å². The molecule has 37 heavy (non-hydrogen) atoms. The predicted octanol–water partition coefficient (Wildman–Crippen LogP) is 6.19.